The molecule has 1 N–H and O–H groups in total. The summed E-state index contributed by atoms with van der Waals surface area (Å²) in [5.41, 5.74) is 2.08. The van der Waals surface area contributed by atoms with Crippen LogP contribution in [0.15, 0.2) is 18.2 Å². The lowest BCUT2D eigenvalue weighted by molar-refractivity contribution is -0.136. The number of hydrogen-bond acceptors (Lipinski definition) is 6. The number of piperazine rings is 1. The molecule has 1 unspecified atom stereocenters. The highest BCUT2D eigenvalue weighted by Crippen LogP contribution is 2.28. The summed E-state index contributed by atoms with van der Waals surface area (Å²) in [4.78, 5) is 54.5. The summed E-state index contributed by atoms with van der Waals surface area (Å²) in [6, 6.07) is 5.20. The van der Waals surface area contributed by atoms with Crippen LogP contribution in [0, 0.1) is 0 Å². The van der Waals surface area contributed by atoms with E-state index in [0.29, 0.717) is 51.1 Å². The second kappa shape index (κ2) is 8.44. The molecular weight excluding hydrogens is 412 g/mol. The number of imide groups is 1. The summed E-state index contributed by atoms with van der Waals surface area (Å²) >= 11 is 0. The highest BCUT2D eigenvalue weighted by atomic mass is 16.6. The van der Waals surface area contributed by atoms with Crippen LogP contribution in [-0.4, -0.2) is 78.0 Å². The van der Waals surface area contributed by atoms with Gasteiger partial charge in [-0.2, -0.15) is 0 Å². The van der Waals surface area contributed by atoms with Gasteiger partial charge in [0, 0.05) is 50.4 Å². The van der Waals surface area contributed by atoms with E-state index in [4.69, 9.17) is 4.74 Å². The van der Waals surface area contributed by atoms with Gasteiger partial charge in [-0.25, -0.2) is 4.79 Å². The smallest absolute Gasteiger partial charge is 0.410 e. The number of carbonyl (C=O) groups is 4. The van der Waals surface area contributed by atoms with Gasteiger partial charge in [0.2, 0.25) is 11.8 Å². The average Bonchev–Trinajstić information content (AvgIpc) is 2.73. The molecule has 2 fully saturated rings. The molecule has 0 spiro atoms. The number of anilines is 1. The second-order valence-electron chi connectivity index (χ2n) is 9.51. The van der Waals surface area contributed by atoms with Gasteiger partial charge in [-0.05, 0) is 57.4 Å². The summed E-state index contributed by atoms with van der Waals surface area (Å²) < 4.78 is 5.46. The lowest BCUT2D eigenvalue weighted by Gasteiger charge is -2.38. The number of amides is 4. The van der Waals surface area contributed by atoms with E-state index in [9.17, 15) is 19.2 Å². The van der Waals surface area contributed by atoms with Crippen molar-refractivity contribution >= 4 is 29.5 Å². The number of hydrogen-bond donors (Lipinski definition) is 1. The molecule has 0 bridgehead atoms. The van der Waals surface area contributed by atoms with E-state index in [0.717, 1.165) is 11.3 Å². The van der Waals surface area contributed by atoms with Crippen molar-refractivity contribution < 1.29 is 23.9 Å². The van der Waals surface area contributed by atoms with Crippen LogP contribution < -0.4 is 10.2 Å². The average molecular weight is 443 g/mol. The molecule has 0 aliphatic carbocycles. The molecule has 3 aliphatic rings. The van der Waals surface area contributed by atoms with Crippen molar-refractivity contribution in [2.75, 3.05) is 37.6 Å². The van der Waals surface area contributed by atoms with Crippen LogP contribution in [0.4, 0.5) is 10.5 Å². The predicted molar refractivity (Wildman–Crippen MR) is 117 cm³/mol. The Morgan fingerprint density at radius 2 is 1.75 bits per heavy atom. The molecule has 4 amide bonds. The molecule has 0 aromatic heterocycles. The first-order chi connectivity index (χ1) is 15.1. The van der Waals surface area contributed by atoms with Gasteiger partial charge < -0.3 is 19.4 Å². The normalized spacial score (nSPS) is 21.9. The minimum atomic E-state index is -0.589. The van der Waals surface area contributed by atoms with Gasteiger partial charge in [-0.15, -0.1) is 0 Å². The number of nitrogens with zero attached hydrogens (tertiary/aromatic N) is 3. The van der Waals surface area contributed by atoms with E-state index in [1.54, 1.807) is 9.80 Å². The van der Waals surface area contributed by atoms with Crippen LogP contribution in [0.3, 0.4) is 0 Å². The first-order valence-corrected chi connectivity index (χ1v) is 11.1. The van der Waals surface area contributed by atoms with Gasteiger partial charge in [-0.1, -0.05) is 0 Å². The van der Waals surface area contributed by atoms with Crippen molar-refractivity contribution in [3.8, 4) is 0 Å². The highest BCUT2D eigenvalue weighted by molar-refractivity contribution is 6.04. The lowest BCUT2D eigenvalue weighted by atomic mass is 9.94. The SMILES string of the molecule is CC(C)(C)OC(=O)N1CCN(c2ccc3c(c2)CCN(C2CCC(=O)NC2=O)C3=O)CC1. The van der Waals surface area contributed by atoms with Crippen LogP contribution in [0.2, 0.25) is 0 Å². The third-order valence-electron chi connectivity index (χ3n) is 6.08. The van der Waals surface area contributed by atoms with E-state index >= 15 is 0 Å². The van der Waals surface area contributed by atoms with Gasteiger partial charge >= 0.3 is 6.09 Å². The Hall–Kier alpha value is -3.10. The Labute approximate surface area is 187 Å². The molecule has 32 heavy (non-hydrogen) atoms. The zero-order chi connectivity index (χ0) is 23.0. The van der Waals surface area contributed by atoms with E-state index in [2.05, 4.69) is 10.2 Å². The minimum Gasteiger partial charge on any atom is -0.444 e. The third kappa shape index (κ3) is 4.56. The fourth-order valence-corrected chi connectivity index (χ4v) is 4.44. The van der Waals surface area contributed by atoms with Gasteiger partial charge in [0.05, 0.1) is 0 Å². The number of fused-ring (bicyclic) bond motifs is 1. The number of benzene rings is 1. The first-order valence-electron chi connectivity index (χ1n) is 11.1. The Balaban J connectivity index is 1.40. The molecular formula is C23H30N4O5. The maximum atomic E-state index is 13.1. The fourth-order valence-electron chi connectivity index (χ4n) is 4.44. The van der Waals surface area contributed by atoms with E-state index in [-0.39, 0.29) is 24.3 Å². The highest BCUT2D eigenvalue weighted by Gasteiger charge is 2.37. The lowest BCUT2D eigenvalue weighted by Crippen LogP contribution is -2.56. The van der Waals surface area contributed by atoms with Crippen LogP contribution in [0.1, 0.15) is 49.5 Å². The van der Waals surface area contributed by atoms with Crippen LogP contribution in [0.25, 0.3) is 0 Å². The zero-order valence-corrected chi connectivity index (χ0v) is 18.8. The molecule has 9 heteroatoms. The maximum absolute atomic E-state index is 13.1. The summed E-state index contributed by atoms with van der Waals surface area (Å²) in [7, 11) is 0. The van der Waals surface area contributed by atoms with Crippen molar-refractivity contribution in [1.29, 1.82) is 0 Å². The van der Waals surface area contributed by atoms with Crippen molar-refractivity contribution in [2.24, 2.45) is 0 Å². The number of ether oxygens (including phenoxy) is 1. The largest absolute Gasteiger partial charge is 0.444 e. The Bertz CT molecular complexity index is 946. The van der Waals surface area contributed by atoms with Crippen LogP contribution in [0.5, 0.6) is 0 Å². The Morgan fingerprint density at radius 3 is 2.41 bits per heavy atom. The molecule has 1 atom stereocenters. The van der Waals surface area contributed by atoms with Gasteiger partial charge in [0.25, 0.3) is 5.91 Å². The number of nitrogens with one attached hydrogen (secondary N) is 1. The maximum Gasteiger partial charge on any atom is 0.410 e. The van der Waals surface area contributed by atoms with Gasteiger partial charge in [0.15, 0.2) is 0 Å². The standard InChI is InChI=1S/C23H30N4O5/c1-23(2,3)32-22(31)26-12-10-25(11-13-26)16-4-5-17-15(14-16)8-9-27(21(17)30)18-6-7-19(28)24-20(18)29/h4-5,14,18H,6-13H2,1-3H3,(H,24,28,29). The van der Waals surface area contributed by atoms with Crippen molar-refractivity contribution in [1.82, 2.24) is 15.1 Å². The summed E-state index contributed by atoms with van der Waals surface area (Å²) in [6.07, 6.45) is 0.985. The summed E-state index contributed by atoms with van der Waals surface area (Å²) in [5.74, 6) is -0.841. The van der Waals surface area contributed by atoms with Crippen LogP contribution in [-0.2, 0) is 20.7 Å². The van der Waals surface area contributed by atoms with E-state index in [1.807, 2.05) is 39.0 Å². The quantitative estimate of drug-likeness (QED) is 0.698. The number of rotatable bonds is 2. The number of piperidine rings is 1. The zero-order valence-electron chi connectivity index (χ0n) is 18.8. The number of carbonyl (C=O) groups excluding carboxylic acids is 4. The molecule has 3 heterocycles. The monoisotopic (exact) mass is 442 g/mol. The fraction of sp³-hybridized carbons (Fsp3) is 0.565. The predicted octanol–water partition coefficient (Wildman–Crippen LogP) is 1.55. The first kappa shape index (κ1) is 22.1. The van der Waals surface area contributed by atoms with Crippen LogP contribution >= 0.6 is 0 Å². The molecule has 1 aromatic rings. The third-order valence-corrected chi connectivity index (χ3v) is 6.08. The molecule has 0 saturated carbocycles. The molecule has 4 rings (SSSR count). The Morgan fingerprint density at radius 1 is 1.03 bits per heavy atom. The van der Waals surface area contributed by atoms with Crippen molar-refractivity contribution in [3.63, 3.8) is 0 Å². The summed E-state index contributed by atoms with van der Waals surface area (Å²) in [6.45, 7) is 8.56. The molecule has 2 saturated heterocycles. The van der Waals surface area contributed by atoms with Gasteiger partial charge in [0.1, 0.15) is 11.6 Å². The van der Waals surface area contributed by atoms with Crippen molar-refractivity contribution in [2.45, 2.75) is 51.7 Å². The Kier molecular flexibility index (Phi) is 5.83. The molecule has 172 valence electrons. The molecule has 1 aromatic carbocycles. The van der Waals surface area contributed by atoms with Crippen molar-refractivity contribution in [3.05, 3.63) is 29.3 Å². The molecule has 3 aliphatic heterocycles. The summed E-state index contributed by atoms with van der Waals surface area (Å²) in [5, 5.41) is 2.33. The van der Waals surface area contributed by atoms with E-state index < -0.39 is 17.6 Å². The minimum absolute atomic E-state index is 0.165. The molecule has 9 nitrogen and oxygen atoms in total. The second-order valence-corrected chi connectivity index (χ2v) is 9.51. The van der Waals surface area contributed by atoms with Gasteiger partial charge in [-0.3, -0.25) is 19.7 Å². The van der Waals surface area contributed by atoms with E-state index in [1.165, 1.54) is 0 Å². The topological polar surface area (TPSA) is 99.3 Å². The molecule has 0 radical (unpaired) electrons.